The average Bonchev–Trinajstić information content (AvgIpc) is 2.30. The van der Waals surface area contributed by atoms with E-state index in [1.54, 1.807) is 0 Å². The highest BCUT2D eigenvalue weighted by Crippen LogP contribution is 2.17. The van der Waals surface area contributed by atoms with Crippen LogP contribution in [0.5, 0.6) is 0 Å². The van der Waals surface area contributed by atoms with Crippen molar-refractivity contribution in [1.29, 1.82) is 0 Å². The Kier molecular flexibility index (Phi) is 4.04. The Hall–Kier alpha value is -0.770. The van der Waals surface area contributed by atoms with Crippen molar-refractivity contribution >= 4 is 6.03 Å². The Labute approximate surface area is 97.3 Å². The summed E-state index contributed by atoms with van der Waals surface area (Å²) in [6.07, 6.45) is 6.29. The third kappa shape index (κ3) is 3.11. The minimum Gasteiger partial charge on any atom is -0.375 e. The highest BCUT2D eigenvalue weighted by molar-refractivity contribution is 5.74. The zero-order valence-electron chi connectivity index (χ0n) is 10.1. The molecule has 1 saturated carbocycles. The first-order valence-electron chi connectivity index (χ1n) is 6.43. The SMILES string of the molecule is CC1CN(C(=O)NC2CCCCC2)CCO1. The fraction of sp³-hybridized carbons (Fsp3) is 0.917. The molecular formula is C12H22N2O2. The van der Waals surface area contributed by atoms with E-state index in [-0.39, 0.29) is 12.1 Å². The maximum Gasteiger partial charge on any atom is 0.317 e. The maximum absolute atomic E-state index is 12.0. The number of amides is 2. The summed E-state index contributed by atoms with van der Waals surface area (Å²) >= 11 is 0. The minimum absolute atomic E-state index is 0.0991. The summed E-state index contributed by atoms with van der Waals surface area (Å²) in [5.74, 6) is 0. The van der Waals surface area contributed by atoms with Gasteiger partial charge in [-0.2, -0.15) is 0 Å². The summed E-state index contributed by atoms with van der Waals surface area (Å²) in [6.45, 7) is 4.13. The molecule has 1 heterocycles. The van der Waals surface area contributed by atoms with Crippen molar-refractivity contribution in [3.05, 3.63) is 0 Å². The summed E-state index contributed by atoms with van der Waals surface area (Å²) in [6, 6.07) is 0.501. The molecule has 0 spiro atoms. The van der Waals surface area contributed by atoms with Crippen LogP contribution in [0.15, 0.2) is 0 Å². The predicted molar refractivity (Wildman–Crippen MR) is 62.4 cm³/mol. The highest BCUT2D eigenvalue weighted by Gasteiger charge is 2.23. The molecule has 1 saturated heterocycles. The lowest BCUT2D eigenvalue weighted by atomic mass is 9.96. The molecule has 4 nitrogen and oxygen atoms in total. The van der Waals surface area contributed by atoms with Gasteiger partial charge < -0.3 is 15.0 Å². The number of carbonyl (C=O) groups is 1. The molecule has 2 amide bonds. The average molecular weight is 226 g/mol. The van der Waals surface area contributed by atoms with Crippen LogP contribution in [0.1, 0.15) is 39.0 Å². The molecule has 1 N–H and O–H groups in total. The second-order valence-corrected chi connectivity index (χ2v) is 4.91. The first kappa shape index (κ1) is 11.7. The van der Waals surface area contributed by atoms with Crippen molar-refractivity contribution in [3.8, 4) is 0 Å². The number of urea groups is 1. The second-order valence-electron chi connectivity index (χ2n) is 4.91. The third-order valence-electron chi connectivity index (χ3n) is 3.46. The number of rotatable bonds is 1. The van der Waals surface area contributed by atoms with Crippen LogP contribution in [0.25, 0.3) is 0 Å². The lowest BCUT2D eigenvalue weighted by Gasteiger charge is -2.33. The molecule has 0 aromatic heterocycles. The monoisotopic (exact) mass is 226 g/mol. The van der Waals surface area contributed by atoms with Gasteiger partial charge in [0.1, 0.15) is 0 Å². The van der Waals surface area contributed by atoms with E-state index in [9.17, 15) is 4.79 Å². The Bertz CT molecular complexity index is 239. The van der Waals surface area contributed by atoms with Crippen molar-refractivity contribution in [1.82, 2.24) is 10.2 Å². The molecule has 2 rings (SSSR count). The molecule has 0 aromatic rings. The van der Waals surface area contributed by atoms with Crippen molar-refractivity contribution in [2.24, 2.45) is 0 Å². The zero-order valence-corrected chi connectivity index (χ0v) is 10.1. The Balaban J connectivity index is 1.77. The molecule has 1 atom stereocenters. The Morgan fingerprint density at radius 1 is 1.31 bits per heavy atom. The Morgan fingerprint density at radius 3 is 2.75 bits per heavy atom. The number of nitrogens with one attached hydrogen (secondary N) is 1. The first-order chi connectivity index (χ1) is 7.75. The second kappa shape index (κ2) is 5.53. The standard InChI is InChI=1S/C12H22N2O2/c1-10-9-14(7-8-16-10)12(15)13-11-5-3-2-4-6-11/h10-11H,2-9H2,1H3,(H,13,15). The van der Waals surface area contributed by atoms with Gasteiger partial charge in [0.05, 0.1) is 12.7 Å². The number of morpholine rings is 1. The van der Waals surface area contributed by atoms with Gasteiger partial charge in [-0.05, 0) is 19.8 Å². The molecule has 0 radical (unpaired) electrons. The minimum atomic E-state index is 0.0991. The van der Waals surface area contributed by atoms with Gasteiger partial charge >= 0.3 is 6.03 Å². The fourth-order valence-electron chi connectivity index (χ4n) is 2.52. The van der Waals surface area contributed by atoms with Gasteiger partial charge in [-0.25, -0.2) is 4.79 Å². The van der Waals surface area contributed by atoms with E-state index in [2.05, 4.69) is 5.32 Å². The molecule has 0 bridgehead atoms. The molecule has 2 aliphatic rings. The van der Waals surface area contributed by atoms with E-state index in [0.717, 1.165) is 25.9 Å². The highest BCUT2D eigenvalue weighted by atomic mass is 16.5. The molecule has 1 aliphatic carbocycles. The number of ether oxygens (including phenoxy) is 1. The van der Waals surface area contributed by atoms with Crippen LogP contribution in [0.4, 0.5) is 4.79 Å². The van der Waals surface area contributed by atoms with Crippen molar-refractivity contribution < 1.29 is 9.53 Å². The number of hydrogen-bond donors (Lipinski definition) is 1. The van der Waals surface area contributed by atoms with Crippen molar-refractivity contribution in [2.75, 3.05) is 19.7 Å². The van der Waals surface area contributed by atoms with Gasteiger partial charge in [0.2, 0.25) is 0 Å². The summed E-state index contributed by atoms with van der Waals surface area (Å²) in [5, 5.41) is 3.14. The van der Waals surface area contributed by atoms with Crippen LogP contribution in [0.3, 0.4) is 0 Å². The van der Waals surface area contributed by atoms with Crippen LogP contribution in [0.2, 0.25) is 0 Å². The summed E-state index contributed by atoms with van der Waals surface area (Å²) < 4.78 is 5.43. The summed E-state index contributed by atoms with van der Waals surface area (Å²) in [7, 11) is 0. The summed E-state index contributed by atoms with van der Waals surface area (Å²) in [4.78, 5) is 13.8. The van der Waals surface area contributed by atoms with Gasteiger partial charge in [0.25, 0.3) is 0 Å². The van der Waals surface area contributed by atoms with Crippen LogP contribution >= 0.6 is 0 Å². The van der Waals surface area contributed by atoms with Crippen molar-refractivity contribution in [3.63, 3.8) is 0 Å². The van der Waals surface area contributed by atoms with Gasteiger partial charge in [0.15, 0.2) is 0 Å². The van der Waals surface area contributed by atoms with E-state index in [0.29, 0.717) is 12.6 Å². The van der Waals surface area contributed by atoms with E-state index < -0.39 is 0 Å². The molecule has 16 heavy (non-hydrogen) atoms. The molecule has 0 aromatic carbocycles. The zero-order chi connectivity index (χ0) is 11.4. The smallest absolute Gasteiger partial charge is 0.317 e. The lowest BCUT2D eigenvalue weighted by molar-refractivity contribution is -0.00402. The van der Waals surface area contributed by atoms with Crippen LogP contribution in [-0.4, -0.2) is 42.8 Å². The van der Waals surface area contributed by atoms with Crippen LogP contribution in [0, 0.1) is 0 Å². The normalized spacial score (nSPS) is 27.8. The number of carbonyl (C=O) groups excluding carboxylic acids is 1. The largest absolute Gasteiger partial charge is 0.375 e. The Morgan fingerprint density at radius 2 is 2.06 bits per heavy atom. The van der Waals surface area contributed by atoms with E-state index in [4.69, 9.17) is 4.74 Å². The molecule has 1 unspecified atom stereocenters. The van der Waals surface area contributed by atoms with Gasteiger partial charge in [-0.3, -0.25) is 0 Å². The molecule has 2 fully saturated rings. The number of nitrogens with zero attached hydrogens (tertiary/aromatic N) is 1. The predicted octanol–water partition coefficient (Wildman–Crippen LogP) is 1.75. The van der Waals surface area contributed by atoms with Crippen LogP contribution in [-0.2, 0) is 4.74 Å². The van der Waals surface area contributed by atoms with Crippen molar-refractivity contribution in [2.45, 2.75) is 51.2 Å². The van der Waals surface area contributed by atoms with E-state index in [1.807, 2.05) is 11.8 Å². The molecule has 4 heteroatoms. The fourth-order valence-corrected chi connectivity index (χ4v) is 2.52. The molecule has 1 aliphatic heterocycles. The quantitative estimate of drug-likeness (QED) is 0.740. The maximum atomic E-state index is 12.0. The topological polar surface area (TPSA) is 41.6 Å². The molecular weight excluding hydrogens is 204 g/mol. The van der Waals surface area contributed by atoms with E-state index in [1.165, 1.54) is 19.3 Å². The van der Waals surface area contributed by atoms with Gasteiger partial charge in [0, 0.05) is 19.1 Å². The summed E-state index contributed by atoms with van der Waals surface area (Å²) in [5.41, 5.74) is 0. The molecule has 92 valence electrons. The van der Waals surface area contributed by atoms with Crippen LogP contribution < -0.4 is 5.32 Å². The lowest BCUT2D eigenvalue weighted by Crippen LogP contribution is -2.51. The third-order valence-corrected chi connectivity index (χ3v) is 3.46. The van der Waals surface area contributed by atoms with Gasteiger partial charge in [-0.15, -0.1) is 0 Å². The first-order valence-corrected chi connectivity index (χ1v) is 6.43. The number of hydrogen-bond acceptors (Lipinski definition) is 2. The van der Waals surface area contributed by atoms with Gasteiger partial charge in [-0.1, -0.05) is 19.3 Å². The van der Waals surface area contributed by atoms with E-state index >= 15 is 0 Å².